The van der Waals surface area contributed by atoms with E-state index < -0.39 is 11.7 Å². The third-order valence-corrected chi connectivity index (χ3v) is 3.59. The number of benzene rings is 1. The fourth-order valence-corrected chi connectivity index (χ4v) is 2.44. The van der Waals surface area contributed by atoms with Crippen LogP contribution in [0.1, 0.15) is 37.3 Å². The summed E-state index contributed by atoms with van der Waals surface area (Å²) in [6, 6.07) is 4.69. The maximum atomic E-state index is 13.2. The zero-order valence-electron chi connectivity index (χ0n) is 10.8. The van der Waals surface area contributed by atoms with Crippen molar-refractivity contribution in [2.75, 3.05) is 11.4 Å². The van der Waals surface area contributed by atoms with Crippen molar-refractivity contribution in [3.63, 3.8) is 0 Å². The van der Waals surface area contributed by atoms with Crippen molar-refractivity contribution < 1.29 is 13.2 Å². The molecule has 0 aromatic heterocycles. The van der Waals surface area contributed by atoms with Crippen LogP contribution in [0.25, 0.3) is 0 Å². The predicted octanol–water partition coefficient (Wildman–Crippen LogP) is 4.82. The first-order valence-electron chi connectivity index (χ1n) is 6.50. The largest absolute Gasteiger partial charge is 0.418 e. The molecule has 0 atom stereocenters. The van der Waals surface area contributed by atoms with Crippen LogP contribution in [0.4, 0.5) is 18.9 Å². The lowest BCUT2D eigenvalue weighted by molar-refractivity contribution is -0.137. The Labute approximate surface area is 116 Å². The topological polar surface area (TPSA) is 3.24 Å². The molecule has 0 unspecified atom stereocenters. The van der Waals surface area contributed by atoms with Crippen molar-refractivity contribution in [1.82, 2.24) is 0 Å². The summed E-state index contributed by atoms with van der Waals surface area (Å²) in [7, 11) is 0. The third-order valence-electron chi connectivity index (χ3n) is 3.28. The predicted molar refractivity (Wildman–Crippen MR) is 71.7 cm³/mol. The van der Waals surface area contributed by atoms with Crippen molar-refractivity contribution in [2.45, 2.75) is 44.3 Å². The molecule has 1 nitrogen and oxygen atoms in total. The van der Waals surface area contributed by atoms with Gasteiger partial charge in [0.25, 0.3) is 0 Å². The van der Waals surface area contributed by atoms with Crippen LogP contribution >= 0.6 is 11.6 Å². The van der Waals surface area contributed by atoms with Crippen LogP contribution in [0.15, 0.2) is 18.2 Å². The molecule has 1 aliphatic carbocycles. The van der Waals surface area contributed by atoms with E-state index in [-0.39, 0.29) is 11.9 Å². The maximum Gasteiger partial charge on any atom is 0.418 e. The van der Waals surface area contributed by atoms with E-state index in [0.717, 1.165) is 19.3 Å². The highest BCUT2D eigenvalue weighted by atomic mass is 35.5. The molecular weight excluding hydrogens is 275 g/mol. The number of rotatable bonds is 5. The molecule has 0 radical (unpaired) electrons. The Balaban J connectivity index is 2.42. The van der Waals surface area contributed by atoms with Crippen LogP contribution in [0.5, 0.6) is 0 Å². The molecule has 0 heterocycles. The second-order valence-corrected chi connectivity index (χ2v) is 5.17. The minimum atomic E-state index is -4.34. The smallest absolute Gasteiger partial charge is 0.368 e. The molecule has 1 aliphatic rings. The highest BCUT2D eigenvalue weighted by Gasteiger charge is 2.38. The van der Waals surface area contributed by atoms with Gasteiger partial charge in [0.2, 0.25) is 0 Å². The van der Waals surface area contributed by atoms with E-state index in [0.29, 0.717) is 17.8 Å². The van der Waals surface area contributed by atoms with Crippen molar-refractivity contribution >= 4 is 17.3 Å². The molecule has 106 valence electrons. The first kappa shape index (κ1) is 14.5. The second kappa shape index (κ2) is 5.61. The van der Waals surface area contributed by atoms with E-state index >= 15 is 0 Å². The lowest BCUT2D eigenvalue weighted by Gasteiger charge is -2.27. The molecule has 0 amide bonds. The van der Waals surface area contributed by atoms with Crippen LogP contribution in [-0.2, 0) is 12.1 Å². The summed E-state index contributed by atoms with van der Waals surface area (Å²) in [4.78, 5) is 1.89. The molecule has 1 aromatic rings. The van der Waals surface area contributed by atoms with E-state index in [1.807, 2.05) is 11.8 Å². The molecule has 1 aromatic carbocycles. The Bertz CT molecular complexity index is 441. The van der Waals surface area contributed by atoms with Gasteiger partial charge in [-0.25, -0.2) is 0 Å². The minimum Gasteiger partial charge on any atom is -0.368 e. The Morgan fingerprint density at radius 3 is 2.47 bits per heavy atom. The molecule has 1 fully saturated rings. The fourth-order valence-electron chi connectivity index (χ4n) is 2.27. The van der Waals surface area contributed by atoms with Crippen molar-refractivity contribution in [2.24, 2.45) is 0 Å². The van der Waals surface area contributed by atoms with Gasteiger partial charge in [-0.1, -0.05) is 13.0 Å². The van der Waals surface area contributed by atoms with Gasteiger partial charge >= 0.3 is 6.18 Å². The zero-order valence-corrected chi connectivity index (χ0v) is 11.6. The van der Waals surface area contributed by atoms with E-state index in [4.69, 9.17) is 11.6 Å². The SMILES string of the molecule is CCCN(c1ccc(CCl)cc1C(F)(F)F)C1CC1. The molecule has 2 rings (SSSR count). The summed E-state index contributed by atoms with van der Waals surface area (Å²) in [5.74, 6) is 0.0978. The van der Waals surface area contributed by atoms with E-state index in [1.165, 1.54) is 6.07 Å². The van der Waals surface area contributed by atoms with E-state index in [9.17, 15) is 13.2 Å². The lowest BCUT2D eigenvalue weighted by atomic mass is 10.1. The zero-order chi connectivity index (χ0) is 14.0. The molecule has 1 saturated carbocycles. The highest BCUT2D eigenvalue weighted by Crippen LogP contribution is 2.41. The summed E-state index contributed by atoms with van der Waals surface area (Å²) in [5, 5.41) is 0. The van der Waals surface area contributed by atoms with Gasteiger partial charge in [-0.15, -0.1) is 11.6 Å². The minimum absolute atomic E-state index is 0.0978. The Kier molecular flexibility index (Phi) is 4.29. The molecule has 0 aliphatic heterocycles. The van der Waals surface area contributed by atoms with Crippen LogP contribution in [0, 0.1) is 0 Å². The van der Waals surface area contributed by atoms with Crippen LogP contribution in [0.3, 0.4) is 0 Å². The highest BCUT2D eigenvalue weighted by molar-refractivity contribution is 6.17. The monoisotopic (exact) mass is 291 g/mol. The Hall–Kier alpha value is -0.900. The first-order valence-corrected chi connectivity index (χ1v) is 7.03. The average Bonchev–Trinajstić information content (AvgIpc) is 3.18. The van der Waals surface area contributed by atoms with Crippen LogP contribution < -0.4 is 4.90 Å². The van der Waals surface area contributed by atoms with Crippen LogP contribution in [-0.4, -0.2) is 12.6 Å². The molecule has 0 spiro atoms. The quantitative estimate of drug-likeness (QED) is 0.703. The molecule has 0 bridgehead atoms. The van der Waals surface area contributed by atoms with E-state index in [1.54, 1.807) is 12.1 Å². The maximum absolute atomic E-state index is 13.2. The molecule has 0 N–H and O–H groups in total. The van der Waals surface area contributed by atoms with Gasteiger partial charge in [0.1, 0.15) is 0 Å². The van der Waals surface area contributed by atoms with Gasteiger partial charge in [-0.2, -0.15) is 13.2 Å². The Morgan fingerprint density at radius 2 is 2.00 bits per heavy atom. The lowest BCUT2D eigenvalue weighted by Crippen LogP contribution is -2.29. The van der Waals surface area contributed by atoms with Gasteiger partial charge in [0, 0.05) is 24.2 Å². The summed E-state index contributed by atoms with van der Waals surface area (Å²) in [5.41, 5.74) is 0.238. The average molecular weight is 292 g/mol. The standard InChI is InChI=1S/C14H17ClF3N/c1-2-7-19(11-4-5-11)13-6-3-10(9-15)8-12(13)14(16,17)18/h3,6,8,11H,2,4-5,7,9H2,1H3. The third kappa shape index (κ3) is 3.35. The number of halogens is 4. The van der Waals surface area contributed by atoms with Gasteiger partial charge in [0.15, 0.2) is 0 Å². The molecule has 0 saturated heterocycles. The van der Waals surface area contributed by atoms with Gasteiger partial charge < -0.3 is 4.90 Å². The normalized spacial score (nSPS) is 15.6. The van der Waals surface area contributed by atoms with Gasteiger partial charge in [0.05, 0.1) is 5.56 Å². The van der Waals surface area contributed by atoms with Crippen molar-refractivity contribution in [3.05, 3.63) is 29.3 Å². The van der Waals surface area contributed by atoms with E-state index in [2.05, 4.69) is 0 Å². The van der Waals surface area contributed by atoms with Gasteiger partial charge in [-0.3, -0.25) is 0 Å². The summed E-state index contributed by atoms with van der Waals surface area (Å²) in [6.45, 7) is 2.64. The number of anilines is 1. The second-order valence-electron chi connectivity index (χ2n) is 4.91. The number of hydrogen-bond donors (Lipinski definition) is 0. The van der Waals surface area contributed by atoms with Gasteiger partial charge in [-0.05, 0) is 37.0 Å². The van der Waals surface area contributed by atoms with Crippen molar-refractivity contribution in [1.29, 1.82) is 0 Å². The summed E-state index contributed by atoms with van der Waals surface area (Å²) >= 11 is 5.64. The molecular formula is C14H17ClF3N. The Morgan fingerprint density at radius 1 is 1.32 bits per heavy atom. The number of alkyl halides is 4. The summed E-state index contributed by atoms with van der Waals surface area (Å²) in [6.07, 6.45) is -1.54. The summed E-state index contributed by atoms with van der Waals surface area (Å²) < 4.78 is 39.5. The van der Waals surface area contributed by atoms with Crippen molar-refractivity contribution in [3.8, 4) is 0 Å². The van der Waals surface area contributed by atoms with Crippen LogP contribution in [0.2, 0.25) is 0 Å². The number of nitrogens with zero attached hydrogens (tertiary/aromatic N) is 1. The first-order chi connectivity index (χ1) is 8.97. The molecule has 19 heavy (non-hydrogen) atoms. The number of hydrogen-bond acceptors (Lipinski definition) is 1. The fraction of sp³-hybridized carbons (Fsp3) is 0.571. The molecule has 5 heteroatoms.